The molecule has 0 radical (unpaired) electrons. The number of phenolic OH excluding ortho intramolecular Hbond substituents is 1. The van der Waals surface area contributed by atoms with Gasteiger partial charge in [0.2, 0.25) is 0 Å². The van der Waals surface area contributed by atoms with Gasteiger partial charge in [0.1, 0.15) is 17.3 Å². The van der Waals surface area contributed by atoms with E-state index < -0.39 is 12.0 Å². The summed E-state index contributed by atoms with van der Waals surface area (Å²) in [7, 11) is 0. The van der Waals surface area contributed by atoms with Gasteiger partial charge >= 0.3 is 5.97 Å². The summed E-state index contributed by atoms with van der Waals surface area (Å²) < 4.78 is 0. The molecule has 1 heterocycles. The largest absolute Gasteiger partial charge is 0.506 e. The number of hydrogen-bond acceptors (Lipinski definition) is 4. The molecule has 17 heavy (non-hydrogen) atoms. The van der Waals surface area contributed by atoms with Crippen LogP contribution in [0.5, 0.6) is 5.75 Å². The van der Waals surface area contributed by atoms with E-state index in [0.29, 0.717) is 5.52 Å². The second-order valence-corrected chi connectivity index (χ2v) is 3.79. The van der Waals surface area contributed by atoms with Gasteiger partial charge in [0.25, 0.3) is 0 Å². The number of aromatic nitrogens is 1. The van der Waals surface area contributed by atoms with Gasteiger partial charge in [-0.2, -0.15) is 0 Å². The van der Waals surface area contributed by atoms with E-state index in [1.807, 2.05) is 0 Å². The molecule has 0 aliphatic heterocycles. The highest BCUT2D eigenvalue weighted by Crippen LogP contribution is 2.25. The van der Waals surface area contributed by atoms with Gasteiger partial charge in [-0.3, -0.25) is 9.78 Å². The summed E-state index contributed by atoms with van der Waals surface area (Å²) in [6.45, 7) is 0. The number of phenols is 1. The van der Waals surface area contributed by atoms with Gasteiger partial charge < -0.3 is 15.9 Å². The molecule has 1 aromatic heterocycles. The Kier molecular flexibility index (Phi) is 2.93. The number of benzene rings is 1. The topological polar surface area (TPSA) is 96.4 Å². The van der Waals surface area contributed by atoms with Crippen LogP contribution in [0, 0.1) is 0 Å². The number of aromatic hydroxyl groups is 1. The molecule has 0 saturated heterocycles. The van der Waals surface area contributed by atoms with Crippen molar-refractivity contribution in [1.82, 2.24) is 4.98 Å². The zero-order valence-corrected chi connectivity index (χ0v) is 9.00. The van der Waals surface area contributed by atoms with Crippen LogP contribution in [0.3, 0.4) is 0 Å². The Bertz CT molecular complexity index is 569. The van der Waals surface area contributed by atoms with E-state index in [1.54, 1.807) is 24.4 Å². The van der Waals surface area contributed by atoms with Crippen LogP contribution < -0.4 is 5.73 Å². The maximum atomic E-state index is 10.7. The fourth-order valence-corrected chi connectivity index (χ4v) is 1.72. The molecule has 0 aliphatic rings. The minimum Gasteiger partial charge on any atom is -0.506 e. The molecule has 0 aliphatic carbocycles. The maximum Gasteiger partial charge on any atom is 0.320 e. The number of aliphatic carboxylic acids is 1. The predicted molar refractivity (Wildman–Crippen MR) is 62.7 cm³/mol. The molecule has 5 heteroatoms. The van der Waals surface area contributed by atoms with Gasteiger partial charge in [-0.15, -0.1) is 0 Å². The summed E-state index contributed by atoms with van der Waals surface area (Å²) in [5, 5.41) is 19.1. The number of fused-ring (bicyclic) bond motifs is 1. The van der Waals surface area contributed by atoms with Crippen LogP contribution in [0.4, 0.5) is 0 Å². The summed E-state index contributed by atoms with van der Waals surface area (Å²) in [6, 6.07) is 5.73. The molecule has 1 unspecified atom stereocenters. The van der Waals surface area contributed by atoms with Crippen LogP contribution in [0.2, 0.25) is 0 Å². The summed E-state index contributed by atoms with van der Waals surface area (Å²) >= 11 is 0. The number of carboxylic acid groups (broad SMARTS) is 1. The van der Waals surface area contributed by atoms with Gasteiger partial charge in [0.15, 0.2) is 0 Å². The van der Waals surface area contributed by atoms with Crippen molar-refractivity contribution in [3.63, 3.8) is 0 Å². The van der Waals surface area contributed by atoms with E-state index in [2.05, 4.69) is 4.98 Å². The number of pyridine rings is 1. The lowest BCUT2D eigenvalue weighted by Crippen LogP contribution is -2.32. The van der Waals surface area contributed by atoms with Crippen LogP contribution in [-0.4, -0.2) is 27.2 Å². The molecule has 0 bridgehead atoms. The van der Waals surface area contributed by atoms with E-state index in [-0.39, 0.29) is 12.2 Å². The third kappa shape index (κ3) is 2.19. The van der Waals surface area contributed by atoms with Crippen LogP contribution >= 0.6 is 0 Å². The first-order valence-electron chi connectivity index (χ1n) is 5.13. The fourth-order valence-electron chi connectivity index (χ4n) is 1.72. The molecule has 88 valence electrons. The zero-order chi connectivity index (χ0) is 12.4. The number of nitrogens with two attached hydrogens (primary N) is 1. The van der Waals surface area contributed by atoms with Crippen molar-refractivity contribution in [3.8, 4) is 5.75 Å². The van der Waals surface area contributed by atoms with Gasteiger partial charge in [0, 0.05) is 11.6 Å². The number of carboxylic acids is 1. The first-order valence-corrected chi connectivity index (χ1v) is 5.13. The van der Waals surface area contributed by atoms with Gasteiger partial charge in [-0.1, -0.05) is 12.1 Å². The van der Waals surface area contributed by atoms with E-state index in [1.165, 1.54) is 6.07 Å². The molecule has 1 atom stereocenters. The minimum atomic E-state index is -1.05. The number of hydrogen-bond donors (Lipinski definition) is 3. The van der Waals surface area contributed by atoms with Gasteiger partial charge in [-0.05, 0) is 24.1 Å². The molecule has 1 aromatic carbocycles. The Morgan fingerprint density at radius 3 is 2.88 bits per heavy atom. The summed E-state index contributed by atoms with van der Waals surface area (Å²) in [6.07, 6.45) is 1.78. The van der Waals surface area contributed by atoms with Crippen molar-refractivity contribution in [2.45, 2.75) is 12.5 Å². The molecular formula is C12H12N2O3. The van der Waals surface area contributed by atoms with E-state index in [4.69, 9.17) is 10.8 Å². The Morgan fingerprint density at radius 2 is 2.18 bits per heavy atom. The second kappa shape index (κ2) is 4.39. The third-order valence-corrected chi connectivity index (χ3v) is 2.60. The van der Waals surface area contributed by atoms with Crippen LogP contribution in [0.1, 0.15) is 5.56 Å². The SMILES string of the molecule is NC(Cc1ccc(O)c2ncccc12)C(=O)O. The molecule has 2 aromatic rings. The highest BCUT2D eigenvalue weighted by Gasteiger charge is 2.14. The van der Waals surface area contributed by atoms with E-state index in [0.717, 1.165) is 10.9 Å². The predicted octanol–water partition coefficient (Wildman–Crippen LogP) is 0.895. The number of nitrogens with zero attached hydrogens (tertiary/aromatic N) is 1. The molecule has 0 amide bonds. The van der Waals surface area contributed by atoms with E-state index >= 15 is 0 Å². The smallest absolute Gasteiger partial charge is 0.320 e. The Balaban J connectivity index is 2.48. The van der Waals surface area contributed by atoms with E-state index in [9.17, 15) is 9.90 Å². The van der Waals surface area contributed by atoms with Crippen LogP contribution in [0.15, 0.2) is 30.5 Å². The van der Waals surface area contributed by atoms with Crippen molar-refractivity contribution in [2.75, 3.05) is 0 Å². The average molecular weight is 232 g/mol. The highest BCUT2D eigenvalue weighted by atomic mass is 16.4. The summed E-state index contributed by atoms with van der Waals surface area (Å²) in [5.74, 6) is -0.969. The maximum absolute atomic E-state index is 10.7. The van der Waals surface area contributed by atoms with Crippen LogP contribution in [0.25, 0.3) is 10.9 Å². The van der Waals surface area contributed by atoms with Gasteiger partial charge in [-0.25, -0.2) is 0 Å². The Morgan fingerprint density at radius 1 is 1.41 bits per heavy atom. The van der Waals surface area contributed by atoms with Crippen molar-refractivity contribution in [2.24, 2.45) is 5.73 Å². The number of carbonyl (C=O) groups is 1. The Labute approximate surface area is 97.5 Å². The second-order valence-electron chi connectivity index (χ2n) is 3.79. The first-order chi connectivity index (χ1) is 8.09. The molecule has 4 N–H and O–H groups in total. The lowest BCUT2D eigenvalue weighted by molar-refractivity contribution is -0.138. The normalized spacial score (nSPS) is 12.5. The quantitative estimate of drug-likeness (QED) is 0.730. The van der Waals surface area contributed by atoms with Crippen molar-refractivity contribution < 1.29 is 15.0 Å². The van der Waals surface area contributed by atoms with Crippen molar-refractivity contribution in [3.05, 3.63) is 36.0 Å². The molecule has 0 saturated carbocycles. The molecular weight excluding hydrogens is 220 g/mol. The summed E-state index contributed by atoms with van der Waals surface area (Å²) in [5.41, 5.74) is 6.72. The Hall–Kier alpha value is -2.14. The van der Waals surface area contributed by atoms with Crippen molar-refractivity contribution in [1.29, 1.82) is 0 Å². The monoisotopic (exact) mass is 232 g/mol. The van der Waals surface area contributed by atoms with Crippen molar-refractivity contribution >= 4 is 16.9 Å². The summed E-state index contributed by atoms with van der Waals surface area (Å²) in [4.78, 5) is 14.8. The van der Waals surface area contributed by atoms with Crippen LogP contribution in [-0.2, 0) is 11.2 Å². The fraction of sp³-hybridized carbons (Fsp3) is 0.167. The molecule has 5 nitrogen and oxygen atoms in total. The number of rotatable bonds is 3. The lowest BCUT2D eigenvalue weighted by atomic mass is 10.0. The molecule has 0 spiro atoms. The highest BCUT2D eigenvalue weighted by molar-refractivity contribution is 5.87. The standard InChI is InChI=1S/C12H12N2O3/c13-9(12(16)17)6-7-3-4-10(15)11-8(7)2-1-5-14-11/h1-5,9,15H,6,13H2,(H,16,17). The first kappa shape index (κ1) is 11.3. The average Bonchev–Trinajstić information content (AvgIpc) is 2.33. The zero-order valence-electron chi connectivity index (χ0n) is 9.00. The third-order valence-electron chi connectivity index (χ3n) is 2.60. The minimum absolute atomic E-state index is 0.0771. The molecule has 0 fully saturated rings. The lowest BCUT2D eigenvalue weighted by Gasteiger charge is -2.10. The van der Waals surface area contributed by atoms with Gasteiger partial charge in [0.05, 0.1) is 0 Å². The molecule has 2 rings (SSSR count).